The van der Waals surface area contributed by atoms with Crippen molar-refractivity contribution in [2.24, 2.45) is 5.73 Å². The molecule has 0 aromatic rings. The molecule has 0 unspecified atom stereocenters. The van der Waals surface area contributed by atoms with Crippen LogP contribution in [-0.2, 0) is 9.59 Å². The van der Waals surface area contributed by atoms with Gasteiger partial charge in [0.05, 0.1) is 0 Å². The highest BCUT2D eigenvalue weighted by Gasteiger charge is 2.22. The van der Waals surface area contributed by atoms with Crippen LogP contribution in [0.3, 0.4) is 0 Å². The average Bonchev–Trinajstić information content (AvgIpc) is 2.97. The molecule has 1 saturated carbocycles. The SMILES string of the molecule is CC(C)(N)CCC(=O)NCCC(=O)NC1CC1. The number of nitrogens with two attached hydrogens (primary N) is 1. The zero-order chi connectivity index (χ0) is 12.9. The molecule has 1 aliphatic rings. The van der Waals surface area contributed by atoms with Gasteiger partial charge in [0.1, 0.15) is 0 Å². The van der Waals surface area contributed by atoms with E-state index in [0.717, 1.165) is 12.8 Å². The fourth-order valence-electron chi connectivity index (χ4n) is 1.37. The van der Waals surface area contributed by atoms with Gasteiger partial charge in [0.15, 0.2) is 0 Å². The van der Waals surface area contributed by atoms with Crippen molar-refractivity contribution >= 4 is 11.8 Å². The van der Waals surface area contributed by atoms with Gasteiger partial charge in [-0.3, -0.25) is 9.59 Å². The molecular weight excluding hydrogens is 218 g/mol. The van der Waals surface area contributed by atoms with E-state index in [9.17, 15) is 9.59 Å². The number of hydrogen-bond donors (Lipinski definition) is 3. The lowest BCUT2D eigenvalue weighted by molar-refractivity contribution is -0.122. The van der Waals surface area contributed by atoms with Crippen molar-refractivity contribution in [1.82, 2.24) is 10.6 Å². The lowest BCUT2D eigenvalue weighted by Gasteiger charge is -2.17. The lowest BCUT2D eigenvalue weighted by atomic mass is 10.00. The van der Waals surface area contributed by atoms with Crippen molar-refractivity contribution in [2.75, 3.05) is 6.54 Å². The molecule has 0 aromatic heterocycles. The molecule has 2 amide bonds. The van der Waals surface area contributed by atoms with Crippen molar-refractivity contribution < 1.29 is 9.59 Å². The summed E-state index contributed by atoms with van der Waals surface area (Å²) in [7, 11) is 0. The molecular formula is C12H23N3O2. The third-order valence-corrected chi connectivity index (χ3v) is 2.61. The van der Waals surface area contributed by atoms with Crippen LogP contribution in [-0.4, -0.2) is 29.9 Å². The zero-order valence-electron chi connectivity index (χ0n) is 10.7. The molecule has 1 rings (SSSR count). The largest absolute Gasteiger partial charge is 0.356 e. The molecule has 1 aliphatic carbocycles. The summed E-state index contributed by atoms with van der Waals surface area (Å²) in [6.07, 6.45) is 3.59. The standard InChI is InChI=1S/C12H23N3O2/c1-12(2,13)7-5-10(16)14-8-6-11(17)15-9-3-4-9/h9H,3-8,13H2,1-2H3,(H,14,16)(H,15,17). The van der Waals surface area contributed by atoms with Crippen LogP contribution in [0.15, 0.2) is 0 Å². The Hall–Kier alpha value is -1.10. The highest BCUT2D eigenvalue weighted by molar-refractivity contribution is 5.79. The van der Waals surface area contributed by atoms with Gasteiger partial charge in [-0.25, -0.2) is 0 Å². The third kappa shape index (κ3) is 7.74. The molecule has 5 heteroatoms. The van der Waals surface area contributed by atoms with Gasteiger partial charge < -0.3 is 16.4 Å². The molecule has 0 bridgehead atoms. The number of hydrogen-bond acceptors (Lipinski definition) is 3. The molecule has 1 fully saturated rings. The van der Waals surface area contributed by atoms with Crippen LogP contribution in [0.5, 0.6) is 0 Å². The molecule has 4 N–H and O–H groups in total. The highest BCUT2D eigenvalue weighted by Crippen LogP contribution is 2.18. The van der Waals surface area contributed by atoms with Gasteiger partial charge in [-0.05, 0) is 33.1 Å². The zero-order valence-corrected chi connectivity index (χ0v) is 10.7. The van der Waals surface area contributed by atoms with Crippen LogP contribution in [0.4, 0.5) is 0 Å². The second kappa shape index (κ2) is 6.00. The van der Waals surface area contributed by atoms with Crippen molar-refractivity contribution in [3.05, 3.63) is 0 Å². The van der Waals surface area contributed by atoms with Crippen LogP contribution in [0.25, 0.3) is 0 Å². The van der Waals surface area contributed by atoms with Crippen LogP contribution in [0, 0.1) is 0 Å². The summed E-state index contributed by atoms with van der Waals surface area (Å²) in [6, 6.07) is 0.385. The maximum Gasteiger partial charge on any atom is 0.221 e. The van der Waals surface area contributed by atoms with E-state index in [1.807, 2.05) is 13.8 Å². The predicted molar refractivity (Wildman–Crippen MR) is 66.3 cm³/mol. The molecule has 98 valence electrons. The Bertz CT molecular complexity index is 280. The Balaban J connectivity index is 2.01. The molecule has 0 radical (unpaired) electrons. The minimum absolute atomic E-state index is 0.0203. The van der Waals surface area contributed by atoms with E-state index in [0.29, 0.717) is 31.8 Å². The van der Waals surface area contributed by atoms with Crippen LogP contribution < -0.4 is 16.4 Å². The van der Waals surface area contributed by atoms with Crippen molar-refractivity contribution in [2.45, 2.75) is 57.5 Å². The van der Waals surface area contributed by atoms with E-state index in [2.05, 4.69) is 10.6 Å². The minimum atomic E-state index is -0.319. The van der Waals surface area contributed by atoms with E-state index < -0.39 is 0 Å². The van der Waals surface area contributed by atoms with E-state index in [1.165, 1.54) is 0 Å². The first-order valence-electron chi connectivity index (χ1n) is 6.22. The van der Waals surface area contributed by atoms with Gasteiger partial charge in [0.2, 0.25) is 11.8 Å². The van der Waals surface area contributed by atoms with E-state index >= 15 is 0 Å². The molecule has 0 saturated heterocycles. The van der Waals surface area contributed by atoms with E-state index in [1.54, 1.807) is 0 Å². The van der Waals surface area contributed by atoms with Crippen molar-refractivity contribution in [1.29, 1.82) is 0 Å². The number of nitrogens with one attached hydrogen (secondary N) is 2. The Morgan fingerprint density at radius 1 is 1.24 bits per heavy atom. The smallest absolute Gasteiger partial charge is 0.221 e. The molecule has 0 aromatic carbocycles. The predicted octanol–water partition coefficient (Wildman–Crippen LogP) is 0.289. The second-order valence-electron chi connectivity index (χ2n) is 5.43. The molecule has 0 atom stereocenters. The average molecular weight is 241 g/mol. The van der Waals surface area contributed by atoms with Gasteiger partial charge in [-0.1, -0.05) is 0 Å². The summed E-state index contributed by atoms with van der Waals surface area (Å²) in [4.78, 5) is 22.7. The Kier molecular flexibility index (Phi) is 4.93. The van der Waals surface area contributed by atoms with Gasteiger partial charge in [-0.2, -0.15) is 0 Å². The molecule has 0 spiro atoms. The van der Waals surface area contributed by atoms with E-state index in [4.69, 9.17) is 5.73 Å². The first kappa shape index (κ1) is 14.0. The topological polar surface area (TPSA) is 84.2 Å². The molecule has 17 heavy (non-hydrogen) atoms. The van der Waals surface area contributed by atoms with Gasteiger partial charge >= 0.3 is 0 Å². The molecule has 5 nitrogen and oxygen atoms in total. The van der Waals surface area contributed by atoms with Gasteiger partial charge in [0, 0.05) is 31.0 Å². The maximum absolute atomic E-state index is 11.4. The Morgan fingerprint density at radius 3 is 2.41 bits per heavy atom. The fourth-order valence-corrected chi connectivity index (χ4v) is 1.37. The van der Waals surface area contributed by atoms with Gasteiger partial charge in [0.25, 0.3) is 0 Å². The first-order chi connectivity index (χ1) is 7.87. The summed E-state index contributed by atoms with van der Waals surface area (Å²) >= 11 is 0. The summed E-state index contributed by atoms with van der Waals surface area (Å²) in [5, 5.41) is 5.60. The third-order valence-electron chi connectivity index (χ3n) is 2.61. The van der Waals surface area contributed by atoms with Crippen molar-refractivity contribution in [3.8, 4) is 0 Å². The summed E-state index contributed by atoms with van der Waals surface area (Å²) < 4.78 is 0. The monoisotopic (exact) mass is 241 g/mol. The van der Waals surface area contributed by atoms with Crippen LogP contribution >= 0.6 is 0 Å². The number of carbonyl (C=O) groups is 2. The van der Waals surface area contributed by atoms with Gasteiger partial charge in [-0.15, -0.1) is 0 Å². The number of rotatable bonds is 7. The van der Waals surface area contributed by atoms with Crippen LogP contribution in [0.1, 0.15) is 46.0 Å². The normalized spacial score (nSPS) is 15.5. The summed E-state index contributed by atoms with van der Waals surface area (Å²) in [5.41, 5.74) is 5.46. The maximum atomic E-state index is 11.4. The fraction of sp³-hybridized carbons (Fsp3) is 0.833. The summed E-state index contributed by atoms with van der Waals surface area (Å²) in [6.45, 7) is 4.19. The quantitative estimate of drug-likeness (QED) is 0.599. The molecule has 0 aliphatic heterocycles. The first-order valence-corrected chi connectivity index (χ1v) is 6.22. The Morgan fingerprint density at radius 2 is 1.88 bits per heavy atom. The Labute approximate surface area is 103 Å². The van der Waals surface area contributed by atoms with Crippen molar-refractivity contribution in [3.63, 3.8) is 0 Å². The molecule has 0 heterocycles. The number of amides is 2. The highest BCUT2D eigenvalue weighted by atomic mass is 16.2. The summed E-state index contributed by atoms with van der Waals surface area (Å²) in [5.74, 6) is -0.0188. The minimum Gasteiger partial charge on any atom is -0.356 e. The van der Waals surface area contributed by atoms with Crippen LogP contribution in [0.2, 0.25) is 0 Å². The second-order valence-corrected chi connectivity index (χ2v) is 5.43. The lowest BCUT2D eigenvalue weighted by Crippen LogP contribution is -2.35. The van der Waals surface area contributed by atoms with E-state index in [-0.39, 0.29) is 17.4 Å². The number of carbonyl (C=O) groups excluding carboxylic acids is 2.